The van der Waals surface area contributed by atoms with Crippen LogP contribution in [0.1, 0.15) is 29.2 Å². The van der Waals surface area contributed by atoms with Gasteiger partial charge in [-0.3, -0.25) is 9.36 Å². The molecule has 9 heteroatoms. The van der Waals surface area contributed by atoms with Crippen molar-refractivity contribution in [1.82, 2.24) is 4.57 Å². The SMILES string of the molecule is CCOC(=O)C1=C(c2ccccc2)N=c2s/c(=C\c3ccc(I)o3)c(=O)n2[C@@H]1c1cccs1. The van der Waals surface area contributed by atoms with Crippen LogP contribution in [0.25, 0.3) is 11.8 Å². The fraction of sp³-hybridized carbons (Fsp3) is 0.125. The van der Waals surface area contributed by atoms with Crippen LogP contribution in [0.3, 0.4) is 0 Å². The Balaban J connectivity index is 1.82. The van der Waals surface area contributed by atoms with E-state index >= 15 is 0 Å². The summed E-state index contributed by atoms with van der Waals surface area (Å²) in [6.07, 6.45) is 1.72. The number of nitrogens with zero attached hydrogens (tertiary/aromatic N) is 2. The van der Waals surface area contributed by atoms with Gasteiger partial charge in [-0.15, -0.1) is 11.3 Å². The molecule has 1 atom stereocenters. The molecule has 6 nitrogen and oxygen atoms in total. The lowest BCUT2D eigenvalue weighted by atomic mass is 9.97. The van der Waals surface area contributed by atoms with Gasteiger partial charge in [0.2, 0.25) is 0 Å². The Labute approximate surface area is 210 Å². The number of fused-ring (bicyclic) bond motifs is 1. The summed E-state index contributed by atoms with van der Waals surface area (Å²) in [5.74, 6) is 0.110. The highest BCUT2D eigenvalue weighted by Gasteiger charge is 2.35. The van der Waals surface area contributed by atoms with Crippen molar-refractivity contribution in [2.75, 3.05) is 6.61 Å². The highest BCUT2D eigenvalue weighted by Crippen LogP contribution is 2.36. The van der Waals surface area contributed by atoms with Crippen LogP contribution >= 0.6 is 45.3 Å². The Morgan fingerprint density at radius 1 is 1.21 bits per heavy atom. The summed E-state index contributed by atoms with van der Waals surface area (Å²) in [6, 6.07) is 16.4. The van der Waals surface area contributed by atoms with Gasteiger partial charge in [0.1, 0.15) is 11.8 Å². The molecule has 3 aromatic heterocycles. The lowest BCUT2D eigenvalue weighted by Gasteiger charge is -2.24. The smallest absolute Gasteiger partial charge is 0.338 e. The number of thiazole rings is 1. The number of carbonyl (C=O) groups is 1. The largest absolute Gasteiger partial charge is 0.463 e. The van der Waals surface area contributed by atoms with Crippen LogP contribution in [0.5, 0.6) is 0 Å². The summed E-state index contributed by atoms with van der Waals surface area (Å²) in [5.41, 5.74) is 1.45. The molecule has 0 spiro atoms. The van der Waals surface area contributed by atoms with Crippen molar-refractivity contribution in [3.05, 3.63) is 105 Å². The van der Waals surface area contributed by atoms with E-state index in [4.69, 9.17) is 14.1 Å². The predicted molar refractivity (Wildman–Crippen MR) is 137 cm³/mol. The zero-order valence-corrected chi connectivity index (χ0v) is 21.1. The second-order valence-electron chi connectivity index (χ2n) is 7.09. The third-order valence-electron chi connectivity index (χ3n) is 5.05. The molecule has 4 aromatic rings. The van der Waals surface area contributed by atoms with Crippen LogP contribution in [0.4, 0.5) is 0 Å². The number of hydrogen-bond acceptors (Lipinski definition) is 7. The van der Waals surface area contributed by atoms with Crippen molar-refractivity contribution in [2.45, 2.75) is 13.0 Å². The molecule has 0 N–H and O–H groups in total. The molecule has 0 saturated carbocycles. The molecule has 0 amide bonds. The summed E-state index contributed by atoms with van der Waals surface area (Å²) in [6.45, 7) is 1.99. The van der Waals surface area contributed by atoms with Gasteiger partial charge in [0, 0.05) is 16.5 Å². The lowest BCUT2D eigenvalue weighted by Crippen LogP contribution is -2.39. The minimum atomic E-state index is -0.630. The summed E-state index contributed by atoms with van der Waals surface area (Å²) in [5, 5.41) is 1.93. The van der Waals surface area contributed by atoms with Gasteiger partial charge in [0.25, 0.3) is 5.56 Å². The second-order valence-corrected chi connectivity index (χ2v) is 10.1. The van der Waals surface area contributed by atoms with Crippen LogP contribution in [-0.4, -0.2) is 17.1 Å². The number of aromatic nitrogens is 1. The van der Waals surface area contributed by atoms with Crippen molar-refractivity contribution in [3.63, 3.8) is 0 Å². The Hall–Kier alpha value is -2.76. The first kappa shape index (κ1) is 22.1. The molecule has 166 valence electrons. The summed E-state index contributed by atoms with van der Waals surface area (Å²) < 4.78 is 13.9. The minimum Gasteiger partial charge on any atom is -0.463 e. The zero-order chi connectivity index (χ0) is 22.9. The maximum absolute atomic E-state index is 13.6. The molecule has 33 heavy (non-hydrogen) atoms. The molecule has 0 bridgehead atoms. The van der Waals surface area contributed by atoms with E-state index in [1.165, 1.54) is 22.7 Å². The molecule has 1 aromatic carbocycles. The van der Waals surface area contributed by atoms with E-state index in [0.29, 0.717) is 26.4 Å². The Morgan fingerprint density at radius 2 is 2.03 bits per heavy atom. The molecule has 4 heterocycles. The number of hydrogen-bond donors (Lipinski definition) is 0. The summed E-state index contributed by atoms with van der Waals surface area (Å²) >= 11 is 4.85. The Morgan fingerprint density at radius 3 is 2.70 bits per heavy atom. The predicted octanol–water partition coefficient (Wildman–Crippen LogP) is 4.19. The van der Waals surface area contributed by atoms with E-state index in [1.807, 2.05) is 60.0 Å². The van der Waals surface area contributed by atoms with Crippen molar-refractivity contribution >= 4 is 63.0 Å². The fourth-order valence-corrected chi connectivity index (χ4v) is 5.93. The number of esters is 1. The number of ether oxygens (including phenoxy) is 1. The van der Waals surface area contributed by atoms with Gasteiger partial charge >= 0.3 is 5.97 Å². The van der Waals surface area contributed by atoms with Crippen molar-refractivity contribution in [1.29, 1.82) is 0 Å². The monoisotopic (exact) mass is 588 g/mol. The summed E-state index contributed by atoms with van der Waals surface area (Å²) in [7, 11) is 0. The lowest BCUT2D eigenvalue weighted by molar-refractivity contribution is -0.138. The van der Waals surface area contributed by atoms with Gasteiger partial charge in [-0.25, -0.2) is 9.79 Å². The number of carbonyl (C=O) groups excluding carboxylic acids is 1. The van der Waals surface area contributed by atoms with Crippen LogP contribution in [-0.2, 0) is 9.53 Å². The van der Waals surface area contributed by atoms with Gasteiger partial charge in [-0.2, -0.15) is 0 Å². The standard InChI is InChI=1S/C24H17IN2O4S2/c1-2-30-23(29)19-20(14-7-4-3-5-8-14)26-24-27(21(19)16-9-6-12-32-16)22(28)17(33-24)13-15-10-11-18(25)31-15/h3-13,21H,2H2,1H3/b17-13-/t21-/m1/s1. The normalized spacial score (nSPS) is 15.9. The molecule has 0 radical (unpaired) electrons. The van der Waals surface area contributed by atoms with Crippen LogP contribution < -0.4 is 14.9 Å². The van der Waals surface area contributed by atoms with Gasteiger partial charge in [-0.05, 0) is 53.1 Å². The van der Waals surface area contributed by atoms with E-state index in [2.05, 4.69) is 22.6 Å². The highest BCUT2D eigenvalue weighted by atomic mass is 127. The number of thiophene rings is 1. The fourth-order valence-electron chi connectivity index (χ4n) is 3.69. The van der Waals surface area contributed by atoms with E-state index < -0.39 is 12.0 Å². The zero-order valence-electron chi connectivity index (χ0n) is 17.4. The maximum Gasteiger partial charge on any atom is 0.338 e. The minimum absolute atomic E-state index is 0.225. The average molecular weight is 588 g/mol. The topological polar surface area (TPSA) is 73.8 Å². The van der Waals surface area contributed by atoms with E-state index in [0.717, 1.165) is 14.2 Å². The van der Waals surface area contributed by atoms with E-state index in [-0.39, 0.29) is 12.2 Å². The Bertz CT molecular complexity index is 1530. The number of halogens is 1. The van der Waals surface area contributed by atoms with Crippen molar-refractivity contribution in [3.8, 4) is 0 Å². The van der Waals surface area contributed by atoms with E-state index in [1.54, 1.807) is 17.6 Å². The number of rotatable bonds is 5. The van der Waals surface area contributed by atoms with Gasteiger partial charge in [-0.1, -0.05) is 47.7 Å². The Kier molecular flexibility index (Phi) is 6.17. The van der Waals surface area contributed by atoms with Gasteiger partial charge < -0.3 is 9.15 Å². The molecule has 0 fully saturated rings. The molecule has 0 unspecified atom stereocenters. The number of furan rings is 1. The molecule has 1 aliphatic heterocycles. The average Bonchev–Trinajstić information content (AvgIpc) is 3.55. The third kappa shape index (κ3) is 4.16. The van der Waals surface area contributed by atoms with Gasteiger partial charge in [0.15, 0.2) is 8.57 Å². The molecule has 0 aliphatic carbocycles. The third-order valence-corrected chi connectivity index (χ3v) is 7.54. The van der Waals surface area contributed by atoms with Crippen LogP contribution in [0, 0.1) is 3.77 Å². The van der Waals surface area contributed by atoms with Crippen LogP contribution in [0.15, 0.2) is 79.8 Å². The van der Waals surface area contributed by atoms with Crippen molar-refractivity contribution in [2.24, 2.45) is 4.99 Å². The molecule has 1 aliphatic rings. The quantitative estimate of drug-likeness (QED) is 0.259. The molecular weight excluding hydrogens is 571 g/mol. The van der Waals surface area contributed by atoms with Crippen molar-refractivity contribution < 1.29 is 13.9 Å². The first-order chi connectivity index (χ1) is 16.1. The molecular formula is C24H17IN2O4S2. The molecule has 0 saturated heterocycles. The van der Waals surface area contributed by atoms with E-state index in [9.17, 15) is 9.59 Å². The van der Waals surface area contributed by atoms with Gasteiger partial charge in [0.05, 0.1) is 22.4 Å². The summed E-state index contributed by atoms with van der Waals surface area (Å²) in [4.78, 5) is 33.0. The number of benzene rings is 1. The second kappa shape index (κ2) is 9.24. The first-order valence-corrected chi connectivity index (χ1v) is 12.9. The molecule has 5 rings (SSSR count). The highest BCUT2D eigenvalue weighted by molar-refractivity contribution is 14.1. The maximum atomic E-state index is 13.6. The van der Waals surface area contributed by atoms with Crippen LogP contribution in [0.2, 0.25) is 0 Å². The first-order valence-electron chi connectivity index (χ1n) is 10.1.